The van der Waals surface area contributed by atoms with Gasteiger partial charge in [-0.25, -0.2) is 8.78 Å². The van der Waals surface area contributed by atoms with Crippen molar-refractivity contribution in [2.24, 2.45) is 10.5 Å². The van der Waals surface area contributed by atoms with Crippen LogP contribution >= 0.6 is 23.2 Å². The number of esters is 1. The maximum atomic E-state index is 15.7. The van der Waals surface area contributed by atoms with E-state index in [9.17, 15) is 10.1 Å². The molecule has 2 aromatic rings. The molecule has 0 radical (unpaired) electrons. The Morgan fingerprint density at radius 1 is 1.23 bits per heavy atom. The normalized spacial score (nSPS) is 23.1. The van der Waals surface area contributed by atoms with Crippen molar-refractivity contribution in [2.75, 3.05) is 6.54 Å². The Labute approximate surface area is 237 Å². The number of rotatable bonds is 8. The predicted molar refractivity (Wildman–Crippen MR) is 146 cm³/mol. The highest BCUT2D eigenvalue weighted by molar-refractivity contribution is 6.31. The lowest BCUT2D eigenvalue weighted by molar-refractivity contribution is -0.157. The van der Waals surface area contributed by atoms with E-state index in [0.29, 0.717) is 6.42 Å². The van der Waals surface area contributed by atoms with Gasteiger partial charge < -0.3 is 4.74 Å². The second kappa shape index (κ2) is 11.7. The van der Waals surface area contributed by atoms with Gasteiger partial charge in [0, 0.05) is 34.0 Å². The van der Waals surface area contributed by atoms with Crippen LogP contribution in [0.2, 0.25) is 10.0 Å². The average Bonchev–Trinajstić information content (AvgIpc) is 3.13. The molecule has 0 spiro atoms. The molecule has 39 heavy (non-hydrogen) atoms. The molecule has 4 atom stereocenters. The largest absolute Gasteiger partial charge is 0.459 e. The molecule has 1 heterocycles. The van der Waals surface area contributed by atoms with Gasteiger partial charge in [0.1, 0.15) is 28.7 Å². The zero-order valence-electron chi connectivity index (χ0n) is 22.4. The van der Waals surface area contributed by atoms with Gasteiger partial charge in [-0.15, -0.1) is 0 Å². The number of hydrogen-bond donors (Lipinski definition) is 1. The minimum Gasteiger partial charge on any atom is -0.459 e. The summed E-state index contributed by atoms with van der Waals surface area (Å²) in [4.78, 5) is 16.4. The highest BCUT2D eigenvalue weighted by atomic mass is 35.5. The van der Waals surface area contributed by atoms with Crippen molar-refractivity contribution in [1.29, 1.82) is 5.26 Å². The van der Waals surface area contributed by atoms with Crippen LogP contribution in [0.15, 0.2) is 41.5 Å². The van der Waals surface area contributed by atoms with Crippen molar-refractivity contribution in [1.82, 2.24) is 5.32 Å². The second-order valence-electron chi connectivity index (χ2n) is 11.5. The fraction of sp³-hybridized carbons (Fsp3) is 0.500. The molecule has 1 saturated heterocycles. The van der Waals surface area contributed by atoms with E-state index in [1.165, 1.54) is 30.3 Å². The lowest BCUT2D eigenvalue weighted by Gasteiger charge is -2.38. The SMILES string of the molecule is CC(C)(CCN=[N+]=[N-])C[C@@H]1N[C@@H](C(=O)OC(C)(C)C)[C@H](c2cccc(Cl)c2F)[C@@]1(C#N)c1ccc(Cl)cc1F. The molecule has 0 aromatic heterocycles. The van der Waals surface area contributed by atoms with E-state index in [0.717, 1.165) is 6.07 Å². The summed E-state index contributed by atoms with van der Waals surface area (Å²) in [6, 6.07) is 8.49. The number of halogens is 4. The molecule has 0 aliphatic carbocycles. The van der Waals surface area contributed by atoms with Gasteiger partial charge in [-0.3, -0.25) is 10.1 Å². The van der Waals surface area contributed by atoms with E-state index < -0.39 is 52.0 Å². The highest BCUT2D eigenvalue weighted by Crippen LogP contribution is 2.53. The molecule has 0 unspecified atom stereocenters. The third-order valence-corrected chi connectivity index (χ3v) is 7.53. The smallest absolute Gasteiger partial charge is 0.324 e. The zero-order valence-corrected chi connectivity index (χ0v) is 23.9. The molecule has 1 aliphatic rings. The first kappa shape index (κ1) is 30.6. The Hall–Kier alpha value is -2.89. The van der Waals surface area contributed by atoms with E-state index in [1.54, 1.807) is 20.8 Å². The van der Waals surface area contributed by atoms with Crippen molar-refractivity contribution >= 4 is 29.2 Å². The standard InChI is InChI=1S/C28H31Cl2F2N5O2/c1-26(2,3)39-25(38)24-22(17-7-6-8-19(30)23(17)32)28(15-33,18-10-9-16(29)13-20(18)31)21(36-24)14-27(4,5)11-12-35-37-34/h6-10,13,21-22,24,36H,11-12,14H2,1-5H3/t21-,22-,24+,28-/m0/s1. The molecular formula is C28H31Cl2F2N5O2. The van der Waals surface area contributed by atoms with Crippen LogP contribution in [0, 0.1) is 28.4 Å². The second-order valence-corrected chi connectivity index (χ2v) is 12.4. The molecule has 0 saturated carbocycles. The number of hydrogen-bond acceptors (Lipinski definition) is 5. The fourth-order valence-corrected chi connectivity index (χ4v) is 5.68. The minimum atomic E-state index is -1.78. The van der Waals surface area contributed by atoms with Gasteiger partial charge in [-0.05, 0) is 68.3 Å². The molecule has 1 fully saturated rings. The summed E-state index contributed by atoms with van der Waals surface area (Å²) in [6.07, 6.45) is 0.703. The zero-order chi connectivity index (χ0) is 29.2. The molecule has 0 bridgehead atoms. The van der Waals surface area contributed by atoms with Crippen molar-refractivity contribution < 1.29 is 18.3 Å². The Morgan fingerprint density at radius 2 is 1.92 bits per heavy atom. The molecular weight excluding hydrogens is 547 g/mol. The van der Waals surface area contributed by atoms with Crippen LogP contribution in [0.4, 0.5) is 8.78 Å². The molecule has 7 nitrogen and oxygen atoms in total. The summed E-state index contributed by atoms with van der Waals surface area (Å²) in [6.45, 7) is 9.12. The summed E-state index contributed by atoms with van der Waals surface area (Å²) >= 11 is 12.2. The molecule has 11 heteroatoms. The van der Waals surface area contributed by atoms with Crippen molar-refractivity contribution in [2.45, 2.75) is 76.5 Å². The molecule has 0 amide bonds. The molecule has 3 rings (SSSR count). The van der Waals surface area contributed by atoms with E-state index in [1.807, 2.05) is 13.8 Å². The number of carbonyl (C=O) groups is 1. The summed E-state index contributed by atoms with van der Waals surface area (Å²) in [5.41, 5.74) is 5.47. The van der Waals surface area contributed by atoms with Gasteiger partial charge in [-0.1, -0.05) is 60.4 Å². The van der Waals surface area contributed by atoms with Gasteiger partial charge in [0.25, 0.3) is 0 Å². The quantitative estimate of drug-likeness (QED) is 0.150. The van der Waals surface area contributed by atoms with Gasteiger partial charge in [0.15, 0.2) is 0 Å². The molecule has 2 aromatic carbocycles. The van der Waals surface area contributed by atoms with Gasteiger partial charge in [0.2, 0.25) is 0 Å². The third kappa shape index (κ3) is 6.47. The maximum absolute atomic E-state index is 15.7. The van der Waals surface area contributed by atoms with Crippen LogP contribution in [0.1, 0.15) is 64.5 Å². The first-order chi connectivity index (χ1) is 18.2. The lowest BCUT2D eigenvalue weighted by Crippen LogP contribution is -2.45. The maximum Gasteiger partial charge on any atom is 0.324 e. The molecule has 1 N–H and O–H groups in total. The first-order valence-corrected chi connectivity index (χ1v) is 13.2. The van der Waals surface area contributed by atoms with Gasteiger partial charge >= 0.3 is 5.97 Å². The van der Waals surface area contributed by atoms with Crippen molar-refractivity contribution in [3.05, 3.63) is 79.6 Å². The lowest BCUT2D eigenvalue weighted by atomic mass is 9.62. The van der Waals surface area contributed by atoms with E-state index in [4.69, 9.17) is 33.5 Å². The average molecular weight is 578 g/mol. The van der Waals surface area contributed by atoms with E-state index >= 15 is 8.78 Å². The van der Waals surface area contributed by atoms with Crippen LogP contribution in [0.25, 0.3) is 10.4 Å². The van der Waals surface area contributed by atoms with Gasteiger partial charge in [-0.2, -0.15) is 5.26 Å². The number of ether oxygens (including phenoxy) is 1. The predicted octanol–water partition coefficient (Wildman–Crippen LogP) is 7.62. The number of benzene rings is 2. The Kier molecular flexibility index (Phi) is 9.19. The fourth-order valence-electron chi connectivity index (χ4n) is 5.34. The first-order valence-electron chi connectivity index (χ1n) is 12.5. The summed E-state index contributed by atoms with van der Waals surface area (Å²) in [5.74, 6) is -3.50. The van der Waals surface area contributed by atoms with E-state index in [-0.39, 0.29) is 34.1 Å². The number of azide groups is 1. The number of nitrogens with zero attached hydrogens (tertiary/aromatic N) is 4. The van der Waals surface area contributed by atoms with Crippen LogP contribution in [0.3, 0.4) is 0 Å². The summed E-state index contributed by atoms with van der Waals surface area (Å²) in [7, 11) is 0. The minimum absolute atomic E-state index is 0.0175. The van der Waals surface area contributed by atoms with Crippen LogP contribution in [0.5, 0.6) is 0 Å². The Bertz CT molecular complexity index is 1330. The Morgan fingerprint density at radius 3 is 2.51 bits per heavy atom. The highest BCUT2D eigenvalue weighted by Gasteiger charge is 2.62. The monoisotopic (exact) mass is 577 g/mol. The third-order valence-electron chi connectivity index (χ3n) is 7.00. The van der Waals surface area contributed by atoms with Crippen LogP contribution in [-0.2, 0) is 14.9 Å². The van der Waals surface area contributed by atoms with Crippen molar-refractivity contribution in [3.63, 3.8) is 0 Å². The van der Waals surface area contributed by atoms with Gasteiger partial charge in [0.05, 0.1) is 11.1 Å². The summed E-state index contributed by atoms with van der Waals surface area (Å²) in [5, 5.41) is 17.7. The van der Waals surface area contributed by atoms with Crippen molar-refractivity contribution in [3.8, 4) is 6.07 Å². The van der Waals surface area contributed by atoms with Crippen LogP contribution < -0.4 is 5.32 Å². The summed E-state index contributed by atoms with van der Waals surface area (Å²) < 4.78 is 37.1. The Balaban J connectivity index is 2.32. The van der Waals surface area contributed by atoms with E-state index in [2.05, 4.69) is 21.4 Å². The topological polar surface area (TPSA) is 111 Å². The van der Waals surface area contributed by atoms with Crippen LogP contribution in [-0.4, -0.2) is 30.2 Å². The molecule has 208 valence electrons. The number of carbonyl (C=O) groups excluding carboxylic acids is 1. The number of nitrogens with one attached hydrogen (secondary N) is 1. The number of nitriles is 1. The molecule has 1 aliphatic heterocycles.